The van der Waals surface area contributed by atoms with Gasteiger partial charge >= 0.3 is 0 Å². The van der Waals surface area contributed by atoms with Crippen molar-refractivity contribution in [2.75, 3.05) is 6.54 Å². The van der Waals surface area contributed by atoms with Gasteiger partial charge in [0.05, 0.1) is 4.90 Å². The molecule has 2 heterocycles. The molecular formula is C22H25N3O3S. The van der Waals surface area contributed by atoms with E-state index in [4.69, 9.17) is 4.52 Å². The van der Waals surface area contributed by atoms with Crippen LogP contribution in [0.15, 0.2) is 45.8 Å². The molecule has 7 heteroatoms. The van der Waals surface area contributed by atoms with Gasteiger partial charge in [-0.15, -0.1) is 0 Å². The third-order valence-corrected chi connectivity index (χ3v) is 7.74. The van der Waals surface area contributed by atoms with E-state index in [1.165, 1.54) is 4.31 Å². The van der Waals surface area contributed by atoms with Crippen molar-refractivity contribution in [1.29, 1.82) is 0 Å². The summed E-state index contributed by atoms with van der Waals surface area (Å²) in [6.07, 6.45) is 1.42. The van der Waals surface area contributed by atoms with Gasteiger partial charge < -0.3 is 4.52 Å². The quantitative estimate of drug-likeness (QED) is 0.632. The molecule has 1 unspecified atom stereocenters. The van der Waals surface area contributed by atoms with Crippen molar-refractivity contribution in [2.45, 2.75) is 51.5 Å². The first-order valence-electron chi connectivity index (χ1n) is 9.78. The summed E-state index contributed by atoms with van der Waals surface area (Å²) in [5.41, 5.74) is 4.73. The minimum Gasteiger partial charge on any atom is -0.337 e. The Bertz CT molecular complexity index is 1170. The summed E-state index contributed by atoms with van der Waals surface area (Å²) in [6, 6.07) is 11.1. The summed E-state index contributed by atoms with van der Waals surface area (Å²) in [6.45, 7) is 8.19. The summed E-state index contributed by atoms with van der Waals surface area (Å²) in [7, 11) is -3.66. The molecule has 0 aliphatic carbocycles. The summed E-state index contributed by atoms with van der Waals surface area (Å²) >= 11 is 0. The van der Waals surface area contributed by atoms with Crippen molar-refractivity contribution in [1.82, 2.24) is 14.4 Å². The predicted molar refractivity (Wildman–Crippen MR) is 111 cm³/mol. The maximum Gasteiger partial charge on any atom is 0.245 e. The van der Waals surface area contributed by atoms with Gasteiger partial charge in [0.2, 0.25) is 21.7 Å². The molecule has 0 radical (unpaired) electrons. The molecule has 1 aromatic heterocycles. The Balaban J connectivity index is 1.70. The number of aromatic nitrogens is 2. The highest BCUT2D eigenvalue weighted by Crippen LogP contribution is 2.37. The molecule has 2 aromatic carbocycles. The third kappa shape index (κ3) is 3.49. The first-order valence-corrected chi connectivity index (χ1v) is 11.2. The van der Waals surface area contributed by atoms with Crippen LogP contribution in [0.2, 0.25) is 0 Å². The monoisotopic (exact) mass is 411 g/mol. The van der Waals surface area contributed by atoms with Crippen molar-refractivity contribution in [3.8, 4) is 11.4 Å². The largest absolute Gasteiger partial charge is 0.337 e. The van der Waals surface area contributed by atoms with Gasteiger partial charge in [0.15, 0.2) is 0 Å². The van der Waals surface area contributed by atoms with E-state index in [0.29, 0.717) is 29.6 Å². The Morgan fingerprint density at radius 2 is 1.72 bits per heavy atom. The Morgan fingerprint density at radius 1 is 1.00 bits per heavy atom. The molecule has 0 N–H and O–H groups in total. The fourth-order valence-electron chi connectivity index (χ4n) is 3.92. The Labute approximate surface area is 171 Å². The molecule has 29 heavy (non-hydrogen) atoms. The van der Waals surface area contributed by atoms with Crippen molar-refractivity contribution in [3.63, 3.8) is 0 Å². The van der Waals surface area contributed by atoms with Crippen LogP contribution in [0.1, 0.15) is 47.0 Å². The van der Waals surface area contributed by atoms with E-state index in [-0.39, 0.29) is 0 Å². The zero-order valence-corrected chi connectivity index (χ0v) is 18.0. The Hall–Kier alpha value is -2.51. The minimum absolute atomic E-state index is 0.353. The lowest BCUT2D eigenvalue weighted by Gasteiger charge is -2.23. The maximum absolute atomic E-state index is 13.5. The van der Waals surface area contributed by atoms with Crippen LogP contribution >= 0.6 is 0 Å². The van der Waals surface area contributed by atoms with Crippen LogP contribution in [-0.4, -0.2) is 29.4 Å². The fourth-order valence-corrected chi connectivity index (χ4v) is 5.86. The van der Waals surface area contributed by atoms with Crippen molar-refractivity contribution < 1.29 is 12.9 Å². The van der Waals surface area contributed by atoms with Crippen LogP contribution in [0.3, 0.4) is 0 Å². The summed E-state index contributed by atoms with van der Waals surface area (Å²) in [5, 5.41) is 4.12. The van der Waals surface area contributed by atoms with Crippen molar-refractivity contribution in [2.24, 2.45) is 0 Å². The van der Waals surface area contributed by atoms with Crippen molar-refractivity contribution in [3.05, 3.63) is 64.5 Å². The second-order valence-electron chi connectivity index (χ2n) is 7.75. The number of aryl methyl sites for hydroxylation is 4. The molecule has 152 valence electrons. The Morgan fingerprint density at radius 3 is 2.48 bits per heavy atom. The van der Waals surface area contributed by atoms with Gasteiger partial charge in [0.25, 0.3) is 0 Å². The number of hydrogen-bond donors (Lipinski definition) is 0. The normalized spacial score (nSPS) is 17.7. The first-order chi connectivity index (χ1) is 13.8. The average Bonchev–Trinajstić information content (AvgIpc) is 3.34. The van der Waals surface area contributed by atoms with Crippen LogP contribution in [-0.2, 0) is 10.0 Å². The molecule has 3 aromatic rings. The average molecular weight is 412 g/mol. The number of sulfonamides is 1. The van der Waals surface area contributed by atoms with Gasteiger partial charge in [0.1, 0.15) is 6.04 Å². The second-order valence-corrected chi connectivity index (χ2v) is 9.61. The fraction of sp³-hybridized carbons (Fsp3) is 0.364. The highest BCUT2D eigenvalue weighted by atomic mass is 32.2. The predicted octanol–water partition coefficient (Wildman–Crippen LogP) is 4.50. The van der Waals surface area contributed by atoms with Gasteiger partial charge in [-0.3, -0.25) is 0 Å². The van der Waals surface area contributed by atoms with E-state index < -0.39 is 16.1 Å². The third-order valence-electron chi connectivity index (χ3n) is 5.69. The molecule has 1 atom stereocenters. The van der Waals surface area contributed by atoms with E-state index in [2.05, 4.69) is 10.1 Å². The van der Waals surface area contributed by atoms with Crippen LogP contribution in [0.5, 0.6) is 0 Å². The lowest BCUT2D eigenvalue weighted by atomic mass is 10.1. The minimum atomic E-state index is -3.66. The van der Waals surface area contributed by atoms with E-state index in [0.717, 1.165) is 34.2 Å². The molecule has 1 aliphatic rings. The molecule has 1 fully saturated rings. The zero-order chi connectivity index (χ0) is 20.8. The first kappa shape index (κ1) is 19.8. The SMILES string of the molecule is Cc1cc(C)c(S(=O)(=O)N2CCCC2c2nc(-c3ccccc3C)no2)cc1C. The smallest absolute Gasteiger partial charge is 0.245 e. The van der Waals surface area contributed by atoms with E-state index >= 15 is 0 Å². The number of hydrogen-bond acceptors (Lipinski definition) is 5. The van der Waals surface area contributed by atoms with Gasteiger partial charge in [-0.2, -0.15) is 9.29 Å². The summed E-state index contributed by atoms with van der Waals surface area (Å²) < 4.78 is 34.0. The van der Waals surface area contributed by atoms with Gasteiger partial charge in [-0.05, 0) is 68.9 Å². The second kappa shape index (κ2) is 7.39. The molecule has 1 aliphatic heterocycles. The van der Waals surface area contributed by atoms with Gasteiger partial charge in [-0.25, -0.2) is 8.42 Å². The van der Waals surface area contributed by atoms with E-state index in [9.17, 15) is 8.42 Å². The molecule has 0 amide bonds. The lowest BCUT2D eigenvalue weighted by molar-refractivity contribution is 0.290. The zero-order valence-electron chi connectivity index (χ0n) is 17.1. The lowest BCUT2D eigenvalue weighted by Crippen LogP contribution is -2.31. The highest BCUT2D eigenvalue weighted by Gasteiger charge is 2.40. The van der Waals surface area contributed by atoms with Crippen LogP contribution in [0, 0.1) is 27.7 Å². The summed E-state index contributed by atoms with van der Waals surface area (Å²) in [4.78, 5) is 4.90. The molecular weight excluding hydrogens is 386 g/mol. The molecule has 6 nitrogen and oxygen atoms in total. The van der Waals surface area contributed by atoms with Crippen LogP contribution in [0.25, 0.3) is 11.4 Å². The summed E-state index contributed by atoms with van der Waals surface area (Å²) in [5.74, 6) is 0.843. The van der Waals surface area contributed by atoms with Crippen LogP contribution < -0.4 is 0 Å². The number of benzene rings is 2. The maximum atomic E-state index is 13.5. The van der Waals surface area contributed by atoms with E-state index in [1.54, 1.807) is 6.07 Å². The molecule has 4 rings (SSSR count). The molecule has 0 spiro atoms. The van der Waals surface area contributed by atoms with Gasteiger partial charge in [0, 0.05) is 12.1 Å². The number of rotatable bonds is 4. The van der Waals surface area contributed by atoms with Gasteiger partial charge in [-0.1, -0.05) is 35.5 Å². The van der Waals surface area contributed by atoms with E-state index in [1.807, 2.05) is 58.0 Å². The van der Waals surface area contributed by atoms with Crippen LogP contribution in [0.4, 0.5) is 0 Å². The topological polar surface area (TPSA) is 76.3 Å². The molecule has 0 bridgehead atoms. The van der Waals surface area contributed by atoms with Crippen molar-refractivity contribution >= 4 is 10.0 Å². The Kier molecular flexibility index (Phi) is 5.04. The highest BCUT2D eigenvalue weighted by molar-refractivity contribution is 7.89. The molecule has 0 saturated carbocycles. The molecule has 1 saturated heterocycles. The standard InChI is InChI=1S/C22H25N3O3S/c1-14-8-5-6-9-18(14)21-23-22(28-24-21)19-10-7-11-25(19)29(26,27)20-13-16(3)15(2)12-17(20)4/h5-6,8-9,12-13,19H,7,10-11H2,1-4H3. The number of nitrogens with zero attached hydrogens (tertiary/aromatic N) is 3.